The second-order valence-electron chi connectivity index (χ2n) is 7.29. The fraction of sp³-hybridized carbons (Fsp3) is 0.304. The summed E-state index contributed by atoms with van der Waals surface area (Å²) >= 11 is 5.45. The summed E-state index contributed by atoms with van der Waals surface area (Å²) in [7, 11) is 0. The number of amides is 2. The Labute approximate surface area is 192 Å². The van der Waals surface area contributed by atoms with E-state index in [1.807, 2.05) is 26.0 Å². The quantitative estimate of drug-likeness (QED) is 0.690. The number of aryl methyl sites for hydroxylation is 1. The van der Waals surface area contributed by atoms with Gasteiger partial charge in [-0.1, -0.05) is 24.3 Å². The van der Waals surface area contributed by atoms with Gasteiger partial charge in [0.2, 0.25) is 5.91 Å². The van der Waals surface area contributed by atoms with Crippen LogP contribution in [0.15, 0.2) is 70.7 Å². The molecule has 0 atom stereocenters. The van der Waals surface area contributed by atoms with E-state index < -0.39 is 0 Å². The summed E-state index contributed by atoms with van der Waals surface area (Å²) in [4.78, 5) is 29.7. The Morgan fingerprint density at radius 3 is 2.66 bits per heavy atom. The van der Waals surface area contributed by atoms with Crippen molar-refractivity contribution in [2.24, 2.45) is 5.10 Å². The van der Waals surface area contributed by atoms with E-state index in [0.717, 1.165) is 17.0 Å². The molecule has 0 bridgehead atoms. The molecule has 0 spiro atoms. The number of aromatic nitrogens is 1. The summed E-state index contributed by atoms with van der Waals surface area (Å²) in [5.74, 6) is -0.508. The van der Waals surface area contributed by atoms with Crippen LogP contribution in [-0.4, -0.2) is 47.2 Å². The largest absolute Gasteiger partial charge is 0.338 e. The van der Waals surface area contributed by atoms with E-state index in [1.165, 1.54) is 25.2 Å². The van der Waals surface area contributed by atoms with Crippen molar-refractivity contribution in [2.45, 2.75) is 27.2 Å². The van der Waals surface area contributed by atoms with Gasteiger partial charge in [-0.3, -0.25) is 19.6 Å². The normalized spacial score (nSPS) is 17.0. The van der Waals surface area contributed by atoms with E-state index in [1.54, 1.807) is 22.2 Å². The van der Waals surface area contributed by atoms with Crippen LogP contribution in [0.1, 0.15) is 26.0 Å². The third-order valence-electron chi connectivity index (χ3n) is 4.40. The number of hydrogen-bond donors (Lipinski definition) is 1. The Hall–Kier alpha value is -3.26. The first kappa shape index (κ1) is 25.0. The lowest BCUT2D eigenvalue weighted by Gasteiger charge is -2.29. The van der Waals surface area contributed by atoms with Gasteiger partial charge in [-0.2, -0.15) is 5.10 Å². The average molecular weight is 460 g/mol. The van der Waals surface area contributed by atoms with Gasteiger partial charge in [-0.05, 0) is 56.7 Å². The Morgan fingerprint density at radius 1 is 1.34 bits per heavy atom. The van der Waals surface area contributed by atoms with Crippen molar-refractivity contribution < 1.29 is 14.0 Å². The van der Waals surface area contributed by atoms with Crippen LogP contribution in [0.4, 0.5) is 10.1 Å². The zero-order valence-electron chi connectivity index (χ0n) is 18.4. The van der Waals surface area contributed by atoms with Crippen LogP contribution in [0.2, 0.25) is 0 Å². The van der Waals surface area contributed by atoms with Gasteiger partial charge >= 0.3 is 0 Å². The fourth-order valence-corrected chi connectivity index (χ4v) is 3.09. The van der Waals surface area contributed by atoms with Crippen LogP contribution >= 0.6 is 11.6 Å². The number of hydrazone groups is 1. The highest BCUT2D eigenvalue weighted by Gasteiger charge is 2.26. The topological polar surface area (TPSA) is 77.9 Å². The van der Waals surface area contributed by atoms with E-state index in [9.17, 15) is 14.0 Å². The van der Waals surface area contributed by atoms with Crippen molar-refractivity contribution in [3.8, 4) is 0 Å². The standard InChI is InChI=1S/C16H19N5O2.C7H8ClF/c1-11-7-14(16(23)20-6-5-15(22)18-10-20)19-21(9-11)13-4-3-12(2)17-8-13;1-3-4-7(8)5-6(2)9/h3-4,7-8H,5-6,9-10H2,1-2H3,(H,18,22);3-5H,1H2,2H3/b;6-5+,7-4+. The van der Waals surface area contributed by atoms with Gasteiger partial charge in [-0.15, -0.1) is 0 Å². The van der Waals surface area contributed by atoms with Gasteiger partial charge in [0.1, 0.15) is 5.71 Å². The summed E-state index contributed by atoms with van der Waals surface area (Å²) in [6.07, 6.45) is 8.13. The number of rotatable bonds is 4. The molecule has 170 valence electrons. The van der Waals surface area contributed by atoms with Gasteiger partial charge in [0.15, 0.2) is 0 Å². The summed E-state index contributed by atoms with van der Waals surface area (Å²) < 4.78 is 12.0. The summed E-state index contributed by atoms with van der Waals surface area (Å²) in [6, 6.07) is 3.85. The minimum atomic E-state index is -0.307. The maximum Gasteiger partial charge on any atom is 0.275 e. The molecule has 1 fully saturated rings. The predicted molar refractivity (Wildman–Crippen MR) is 126 cm³/mol. The highest BCUT2D eigenvalue weighted by molar-refractivity contribution is 6.43. The van der Waals surface area contributed by atoms with Gasteiger partial charge in [0.25, 0.3) is 5.91 Å². The minimum Gasteiger partial charge on any atom is -0.338 e. The van der Waals surface area contributed by atoms with Gasteiger partial charge in [0.05, 0.1) is 30.9 Å². The van der Waals surface area contributed by atoms with E-state index >= 15 is 0 Å². The minimum absolute atomic E-state index is 0.0290. The lowest BCUT2D eigenvalue weighted by Crippen LogP contribution is -2.50. The zero-order valence-corrected chi connectivity index (χ0v) is 19.2. The molecule has 1 N–H and O–H groups in total. The molecule has 3 rings (SSSR count). The SMILES string of the molecule is C=C/C=C(Cl)\C=C(/C)F.CC1=CC(C(=O)N2CCC(=O)NC2)=NN(c2ccc(C)nc2)C1. The number of allylic oxidation sites excluding steroid dienone is 5. The van der Waals surface area contributed by atoms with E-state index in [2.05, 4.69) is 22.0 Å². The number of nitrogens with one attached hydrogen (secondary N) is 1. The molecule has 1 saturated heterocycles. The van der Waals surface area contributed by atoms with Gasteiger partial charge in [-0.25, -0.2) is 4.39 Å². The van der Waals surface area contributed by atoms with Crippen LogP contribution in [0.3, 0.4) is 0 Å². The molecule has 0 aliphatic carbocycles. The second-order valence-corrected chi connectivity index (χ2v) is 7.72. The van der Waals surface area contributed by atoms with Crippen molar-refractivity contribution in [1.29, 1.82) is 0 Å². The first-order chi connectivity index (χ1) is 15.2. The zero-order chi connectivity index (χ0) is 23.7. The first-order valence-electron chi connectivity index (χ1n) is 10.0. The summed E-state index contributed by atoms with van der Waals surface area (Å²) in [6.45, 7) is 9.89. The molecule has 2 aliphatic rings. The number of pyridine rings is 1. The molecular weight excluding hydrogens is 433 g/mol. The number of carbonyl (C=O) groups is 2. The monoisotopic (exact) mass is 459 g/mol. The molecule has 9 heteroatoms. The summed E-state index contributed by atoms with van der Waals surface area (Å²) in [5, 5.41) is 9.26. The molecule has 0 unspecified atom stereocenters. The predicted octanol–water partition coefficient (Wildman–Crippen LogP) is 3.99. The van der Waals surface area contributed by atoms with Crippen molar-refractivity contribution in [1.82, 2.24) is 15.2 Å². The Bertz CT molecular complexity index is 969. The molecular formula is C23H27ClFN5O2. The Balaban J connectivity index is 0.000000344. The number of nitrogens with zero attached hydrogens (tertiary/aromatic N) is 4. The number of carbonyl (C=O) groups excluding carboxylic acids is 2. The lowest BCUT2D eigenvalue weighted by molar-refractivity contribution is -0.131. The molecule has 2 amide bonds. The van der Waals surface area contributed by atoms with Crippen LogP contribution in [0.5, 0.6) is 0 Å². The van der Waals surface area contributed by atoms with Crippen molar-refractivity contribution in [2.75, 3.05) is 24.8 Å². The van der Waals surface area contributed by atoms with E-state index in [0.29, 0.717) is 30.3 Å². The van der Waals surface area contributed by atoms with Crippen molar-refractivity contribution >= 4 is 34.8 Å². The molecule has 0 radical (unpaired) electrons. The van der Waals surface area contributed by atoms with Crippen LogP contribution in [-0.2, 0) is 9.59 Å². The highest BCUT2D eigenvalue weighted by Crippen LogP contribution is 2.19. The third kappa shape index (κ3) is 7.77. The van der Waals surface area contributed by atoms with Gasteiger partial charge in [0, 0.05) is 23.7 Å². The molecule has 0 aromatic carbocycles. The van der Waals surface area contributed by atoms with Crippen LogP contribution < -0.4 is 10.3 Å². The number of halogens is 2. The highest BCUT2D eigenvalue weighted by atomic mass is 35.5. The lowest BCUT2D eigenvalue weighted by atomic mass is 10.1. The smallest absolute Gasteiger partial charge is 0.275 e. The maximum absolute atomic E-state index is 12.6. The van der Waals surface area contributed by atoms with Crippen LogP contribution in [0.25, 0.3) is 0 Å². The number of hydrogen-bond acceptors (Lipinski definition) is 5. The first-order valence-corrected chi connectivity index (χ1v) is 10.4. The molecule has 7 nitrogen and oxygen atoms in total. The molecule has 2 aliphatic heterocycles. The second kappa shape index (κ2) is 12.0. The fourth-order valence-electron chi connectivity index (χ4n) is 2.85. The third-order valence-corrected chi connectivity index (χ3v) is 4.64. The van der Waals surface area contributed by atoms with Crippen LogP contribution in [0, 0.1) is 6.92 Å². The van der Waals surface area contributed by atoms with Crippen molar-refractivity contribution in [3.05, 3.63) is 71.3 Å². The van der Waals surface area contributed by atoms with Gasteiger partial charge < -0.3 is 10.2 Å². The van der Waals surface area contributed by atoms with E-state index in [-0.39, 0.29) is 24.3 Å². The molecule has 1 aromatic heterocycles. The number of anilines is 1. The summed E-state index contributed by atoms with van der Waals surface area (Å²) in [5.41, 5.74) is 3.21. The maximum atomic E-state index is 12.6. The molecule has 32 heavy (non-hydrogen) atoms. The van der Waals surface area contributed by atoms with Crippen molar-refractivity contribution in [3.63, 3.8) is 0 Å². The van der Waals surface area contributed by atoms with E-state index in [4.69, 9.17) is 11.6 Å². The Morgan fingerprint density at radius 2 is 2.09 bits per heavy atom. The average Bonchev–Trinajstić information content (AvgIpc) is 2.74. The Kier molecular flexibility index (Phi) is 9.34. The molecule has 1 aromatic rings. The molecule has 3 heterocycles. The molecule has 0 saturated carbocycles.